The van der Waals surface area contributed by atoms with Crippen LogP contribution in [0.1, 0.15) is 48.7 Å². The lowest BCUT2D eigenvalue weighted by Gasteiger charge is -2.23. The van der Waals surface area contributed by atoms with Gasteiger partial charge in [0.25, 0.3) is 5.91 Å². The molecule has 0 saturated heterocycles. The summed E-state index contributed by atoms with van der Waals surface area (Å²) in [5.74, 6) is 0.0568. The van der Waals surface area contributed by atoms with Crippen molar-refractivity contribution >= 4 is 33.6 Å². The molecule has 0 atom stereocenters. The summed E-state index contributed by atoms with van der Waals surface area (Å²) in [7, 11) is 0. The smallest absolute Gasteiger partial charge is 0.291 e. The molecule has 1 fully saturated rings. The second kappa shape index (κ2) is 6.58. The van der Waals surface area contributed by atoms with Crippen molar-refractivity contribution in [3.63, 3.8) is 0 Å². The predicted molar refractivity (Wildman–Crippen MR) is 106 cm³/mol. The highest BCUT2D eigenvalue weighted by Crippen LogP contribution is 2.31. The van der Waals surface area contributed by atoms with Gasteiger partial charge in [-0.2, -0.15) is 0 Å². The minimum Gasteiger partial charge on any atom is -0.451 e. The summed E-state index contributed by atoms with van der Waals surface area (Å²) in [6, 6.07) is 15.8. The Morgan fingerprint density at radius 1 is 1.07 bits per heavy atom. The molecule has 1 aliphatic rings. The number of benzene rings is 2. The lowest BCUT2D eigenvalue weighted by Crippen LogP contribution is -2.12. The van der Waals surface area contributed by atoms with E-state index in [2.05, 4.69) is 14.9 Å². The van der Waals surface area contributed by atoms with Gasteiger partial charge < -0.3 is 14.3 Å². The minimum atomic E-state index is -0.253. The van der Waals surface area contributed by atoms with Crippen LogP contribution in [0.4, 0.5) is 5.69 Å². The normalized spacial score (nSPS) is 15.4. The average Bonchev–Trinajstić information content (AvgIpc) is 3.32. The second-order valence-corrected chi connectivity index (χ2v) is 7.25. The molecule has 5 rings (SSSR count). The first-order chi connectivity index (χ1) is 13.3. The Kier molecular flexibility index (Phi) is 3.93. The average molecular weight is 359 g/mol. The molecule has 5 heteroatoms. The Bertz CT molecular complexity index is 1090. The number of furan rings is 1. The fourth-order valence-corrected chi connectivity index (χ4v) is 4.05. The van der Waals surface area contributed by atoms with Gasteiger partial charge in [0.15, 0.2) is 5.76 Å². The molecular weight excluding hydrogens is 338 g/mol. The number of para-hydroxylation sites is 1. The fourth-order valence-electron chi connectivity index (χ4n) is 4.05. The maximum absolute atomic E-state index is 12.5. The number of fused-ring (bicyclic) bond motifs is 2. The lowest BCUT2D eigenvalue weighted by molar-refractivity contribution is 0.0998. The highest BCUT2D eigenvalue weighted by atomic mass is 16.3. The van der Waals surface area contributed by atoms with Crippen molar-refractivity contribution in [1.82, 2.24) is 9.55 Å². The molecule has 0 bridgehead atoms. The molecule has 0 radical (unpaired) electrons. The molecular formula is C22H21N3O2. The quantitative estimate of drug-likeness (QED) is 0.522. The number of carbonyl (C=O) groups is 1. The highest BCUT2D eigenvalue weighted by molar-refractivity contribution is 6.05. The zero-order valence-electron chi connectivity index (χ0n) is 15.0. The van der Waals surface area contributed by atoms with E-state index in [9.17, 15) is 4.79 Å². The van der Waals surface area contributed by atoms with E-state index in [0.29, 0.717) is 17.4 Å². The second-order valence-electron chi connectivity index (χ2n) is 7.25. The van der Waals surface area contributed by atoms with Gasteiger partial charge in [-0.25, -0.2) is 4.98 Å². The van der Waals surface area contributed by atoms with Crippen molar-refractivity contribution in [2.24, 2.45) is 0 Å². The van der Waals surface area contributed by atoms with Crippen molar-refractivity contribution in [1.29, 1.82) is 0 Å². The van der Waals surface area contributed by atoms with Crippen molar-refractivity contribution in [2.75, 3.05) is 5.32 Å². The molecule has 0 unspecified atom stereocenters. The molecule has 1 N–H and O–H groups in total. The zero-order valence-corrected chi connectivity index (χ0v) is 15.0. The van der Waals surface area contributed by atoms with Crippen LogP contribution in [0.5, 0.6) is 0 Å². The number of amides is 1. The van der Waals surface area contributed by atoms with Gasteiger partial charge in [0.2, 0.25) is 0 Å². The minimum absolute atomic E-state index is 0.253. The summed E-state index contributed by atoms with van der Waals surface area (Å²) >= 11 is 0. The van der Waals surface area contributed by atoms with Crippen molar-refractivity contribution in [3.8, 4) is 0 Å². The van der Waals surface area contributed by atoms with Gasteiger partial charge in [-0.1, -0.05) is 37.5 Å². The first-order valence-electron chi connectivity index (χ1n) is 9.54. The zero-order chi connectivity index (χ0) is 18.2. The molecule has 5 nitrogen and oxygen atoms in total. The van der Waals surface area contributed by atoms with Crippen LogP contribution >= 0.6 is 0 Å². The molecule has 2 heterocycles. The summed E-state index contributed by atoms with van der Waals surface area (Å²) in [6.45, 7) is 0. The molecule has 1 aliphatic carbocycles. The van der Waals surface area contributed by atoms with Gasteiger partial charge in [0, 0.05) is 17.1 Å². The van der Waals surface area contributed by atoms with Crippen LogP contribution in [0, 0.1) is 0 Å². The maximum atomic E-state index is 12.5. The summed E-state index contributed by atoms with van der Waals surface area (Å²) in [6.07, 6.45) is 8.28. The van der Waals surface area contributed by atoms with Gasteiger partial charge >= 0.3 is 0 Å². The maximum Gasteiger partial charge on any atom is 0.291 e. The molecule has 2 aromatic carbocycles. The summed E-state index contributed by atoms with van der Waals surface area (Å²) in [5.41, 5.74) is 3.47. The number of carbonyl (C=O) groups excluding carboxylic acids is 1. The van der Waals surface area contributed by atoms with E-state index in [4.69, 9.17) is 4.42 Å². The fraction of sp³-hybridized carbons (Fsp3) is 0.273. The number of nitrogens with zero attached hydrogens (tertiary/aromatic N) is 2. The van der Waals surface area contributed by atoms with E-state index >= 15 is 0 Å². The first-order valence-corrected chi connectivity index (χ1v) is 9.54. The monoisotopic (exact) mass is 359 g/mol. The van der Waals surface area contributed by atoms with Crippen LogP contribution in [0.25, 0.3) is 22.0 Å². The van der Waals surface area contributed by atoms with E-state index in [1.165, 1.54) is 32.1 Å². The van der Waals surface area contributed by atoms with Crippen LogP contribution in [0.3, 0.4) is 0 Å². The number of imidazole rings is 1. The van der Waals surface area contributed by atoms with Crippen molar-refractivity contribution in [2.45, 2.75) is 38.1 Å². The summed E-state index contributed by atoms with van der Waals surface area (Å²) in [4.78, 5) is 17.1. The first kappa shape index (κ1) is 16.1. The van der Waals surface area contributed by atoms with Crippen molar-refractivity contribution < 1.29 is 9.21 Å². The van der Waals surface area contributed by atoms with Crippen LogP contribution in [-0.2, 0) is 0 Å². The molecule has 0 spiro atoms. The number of hydrogen-bond acceptors (Lipinski definition) is 3. The summed E-state index contributed by atoms with van der Waals surface area (Å²) < 4.78 is 7.93. The summed E-state index contributed by atoms with van der Waals surface area (Å²) in [5, 5.41) is 3.84. The van der Waals surface area contributed by atoms with E-state index < -0.39 is 0 Å². The third-order valence-corrected chi connectivity index (χ3v) is 5.45. The Hall–Kier alpha value is -3.08. The van der Waals surface area contributed by atoms with E-state index in [1.54, 1.807) is 6.07 Å². The van der Waals surface area contributed by atoms with E-state index in [0.717, 1.165) is 22.1 Å². The van der Waals surface area contributed by atoms with Crippen LogP contribution in [-0.4, -0.2) is 15.5 Å². The third kappa shape index (κ3) is 2.99. The molecule has 1 saturated carbocycles. The molecule has 0 aliphatic heterocycles. The van der Waals surface area contributed by atoms with Gasteiger partial charge in [0.05, 0.1) is 17.4 Å². The Morgan fingerprint density at radius 3 is 2.78 bits per heavy atom. The molecule has 2 aromatic heterocycles. The number of rotatable bonds is 3. The van der Waals surface area contributed by atoms with Crippen LogP contribution in [0.15, 0.2) is 59.3 Å². The number of hydrogen-bond donors (Lipinski definition) is 1. The Morgan fingerprint density at radius 2 is 1.93 bits per heavy atom. The number of nitrogens with one attached hydrogen (secondary N) is 1. The van der Waals surface area contributed by atoms with Gasteiger partial charge in [0.1, 0.15) is 5.58 Å². The van der Waals surface area contributed by atoms with Gasteiger partial charge in [-0.3, -0.25) is 4.79 Å². The van der Waals surface area contributed by atoms with Crippen LogP contribution < -0.4 is 5.32 Å². The standard InChI is InChI=1S/C22H21N3O2/c26-22(21-12-15-6-4-5-9-20(15)27-21)24-16-10-11-19-18(13-16)23-14-25(19)17-7-2-1-3-8-17/h4-6,9-14,17H,1-3,7-8H2,(H,24,26). The Balaban J connectivity index is 1.39. The largest absolute Gasteiger partial charge is 0.451 e. The van der Waals surface area contributed by atoms with E-state index in [-0.39, 0.29) is 5.91 Å². The van der Waals surface area contributed by atoms with Gasteiger partial charge in [-0.05, 0) is 43.2 Å². The molecule has 27 heavy (non-hydrogen) atoms. The van der Waals surface area contributed by atoms with Crippen molar-refractivity contribution in [3.05, 3.63) is 60.6 Å². The number of aromatic nitrogens is 2. The Labute approximate surface area is 157 Å². The highest BCUT2D eigenvalue weighted by Gasteiger charge is 2.18. The number of anilines is 1. The lowest BCUT2D eigenvalue weighted by atomic mass is 9.95. The molecule has 136 valence electrons. The van der Waals surface area contributed by atoms with Crippen LogP contribution in [0.2, 0.25) is 0 Å². The molecule has 1 amide bonds. The third-order valence-electron chi connectivity index (χ3n) is 5.45. The SMILES string of the molecule is O=C(Nc1ccc2c(c1)ncn2C1CCCCC1)c1cc2ccccc2o1. The molecule has 4 aromatic rings. The predicted octanol–water partition coefficient (Wildman–Crippen LogP) is 5.54. The van der Waals surface area contributed by atoms with Gasteiger partial charge in [-0.15, -0.1) is 0 Å². The topological polar surface area (TPSA) is 60.1 Å². The van der Waals surface area contributed by atoms with E-state index in [1.807, 2.05) is 48.8 Å².